The fourth-order valence-electron chi connectivity index (χ4n) is 3.26. The van der Waals surface area contributed by atoms with Gasteiger partial charge in [0.15, 0.2) is 11.8 Å². The van der Waals surface area contributed by atoms with Gasteiger partial charge in [-0.25, -0.2) is 0 Å². The van der Waals surface area contributed by atoms with Crippen LogP contribution in [0.15, 0.2) is 4.99 Å². The van der Waals surface area contributed by atoms with E-state index >= 15 is 0 Å². The summed E-state index contributed by atoms with van der Waals surface area (Å²) in [5.41, 5.74) is 0. The van der Waals surface area contributed by atoms with Crippen LogP contribution in [0.3, 0.4) is 0 Å². The van der Waals surface area contributed by atoms with Gasteiger partial charge >= 0.3 is 0 Å². The molecule has 1 N–H and O–H groups in total. The van der Waals surface area contributed by atoms with Crippen molar-refractivity contribution in [3.05, 3.63) is 11.6 Å². The number of ether oxygens (including phenoxy) is 1. The molecule has 0 spiro atoms. The van der Waals surface area contributed by atoms with Crippen LogP contribution in [-0.4, -0.2) is 83.0 Å². The Balaban J connectivity index is 1.95. The molecule has 1 aromatic heterocycles. The second kappa shape index (κ2) is 8.43. The van der Waals surface area contributed by atoms with Crippen molar-refractivity contribution in [3.8, 4) is 0 Å². The molecule has 1 aliphatic rings. The predicted molar refractivity (Wildman–Crippen MR) is 95.0 cm³/mol. The molecule has 2 atom stereocenters. The number of hydrogen-bond donors (Lipinski definition) is 1. The van der Waals surface area contributed by atoms with Crippen molar-refractivity contribution in [2.45, 2.75) is 39.4 Å². The first kappa shape index (κ1) is 18.7. The van der Waals surface area contributed by atoms with Crippen LogP contribution < -0.4 is 5.32 Å². The van der Waals surface area contributed by atoms with Gasteiger partial charge in [-0.2, -0.15) is 0 Å². The molecule has 0 amide bonds. The molecule has 0 aliphatic carbocycles. The van der Waals surface area contributed by atoms with E-state index in [-0.39, 0.29) is 0 Å². The summed E-state index contributed by atoms with van der Waals surface area (Å²) in [6.45, 7) is 10.7. The minimum atomic E-state index is 0.458. The number of rotatable bonds is 5. The molecular formula is C16H31N7O. The van der Waals surface area contributed by atoms with E-state index in [1.165, 1.54) is 0 Å². The molecule has 2 heterocycles. The molecule has 1 aliphatic heterocycles. The Morgan fingerprint density at radius 3 is 2.46 bits per heavy atom. The monoisotopic (exact) mass is 337 g/mol. The van der Waals surface area contributed by atoms with Crippen LogP contribution in [0.2, 0.25) is 0 Å². The van der Waals surface area contributed by atoms with Gasteiger partial charge in [-0.1, -0.05) is 0 Å². The molecule has 0 radical (unpaired) electrons. The molecule has 2 unspecified atom stereocenters. The Hall–Kier alpha value is -1.67. The van der Waals surface area contributed by atoms with E-state index in [9.17, 15) is 0 Å². The summed E-state index contributed by atoms with van der Waals surface area (Å²) in [6.07, 6.45) is 0. The van der Waals surface area contributed by atoms with E-state index in [4.69, 9.17) is 4.74 Å². The lowest BCUT2D eigenvalue weighted by atomic mass is 10.1. The topological polar surface area (TPSA) is 70.8 Å². The van der Waals surface area contributed by atoms with Crippen LogP contribution in [0.1, 0.15) is 25.5 Å². The molecule has 8 nitrogen and oxygen atoms in total. The fraction of sp³-hybridized carbons (Fsp3) is 0.812. The maximum Gasteiger partial charge on any atom is 0.194 e. The Kier molecular flexibility index (Phi) is 6.56. The number of aryl methyl sites for hydroxylation is 1. The fourth-order valence-corrected chi connectivity index (χ4v) is 3.26. The van der Waals surface area contributed by atoms with E-state index in [1.54, 1.807) is 7.11 Å². The van der Waals surface area contributed by atoms with Gasteiger partial charge in [-0.05, 0) is 20.8 Å². The molecule has 136 valence electrons. The first-order chi connectivity index (χ1) is 11.5. The molecule has 0 bridgehead atoms. The van der Waals surface area contributed by atoms with Gasteiger partial charge in [-0.3, -0.25) is 9.89 Å². The molecule has 24 heavy (non-hydrogen) atoms. The number of piperazine rings is 1. The Morgan fingerprint density at radius 2 is 1.96 bits per heavy atom. The third-order valence-corrected chi connectivity index (χ3v) is 4.75. The highest BCUT2D eigenvalue weighted by Gasteiger charge is 2.30. The van der Waals surface area contributed by atoms with E-state index in [0.29, 0.717) is 18.6 Å². The zero-order valence-corrected chi connectivity index (χ0v) is 15.8. The average molecular weight is 337 g/mol. The van der Waals surface area contributed by atoms with Gasteiger partial charge in [0.1, 0.15) is 5.82 Å². The maximum atomic E-state index is 5.23. The Bertz CT molecular complexity index is 545. The first-order valence-corrected chi connectivity index (χ1v) is 8.53. The van der Waals surface area contributed by atoms with Crippen molar-refractivity contribution in [1.82, 2.24) is 29.9 Å². The number of aliphatic imine (C=N–C) groups is 1. The number of methoxy groups -OCH3 is 1. The van der Waals surface area contributed by atoms with Crippen LogP contribution in [0.25, 0.3) is 0 Å². The molecule has 1 aromatic rings. The predicted octanol–water partition coefficient (Wildman–Crippen LogP) is 0.240. The quantitative estimate of drug-likeness (QED) is 0.613. The van der Waals surface area contributed by atoms with Gasteiger partial charge in [0, 0.05) is 52.9 Å². The SMILES string of the molecule is CN=C(NCc1nnc(C)n1C)N1CC(C)N(CCOC)C(C)C1. The van der Waals surface area contributed by atoms with Gasteiger partial charge in [0.25, 0.3) is 0 Å². The molecular weight excluding hydrogens is 306 g/mol. The van der Waals surface area contributed by atoms with Crippen molar-refractivity contribution in [2.75, 3.05) is 40.4 Å². The Labute approximate surface area is 144 Å². The smallest absolute Gasteiger partial charge is 0.194 e. The zero-order valence-electron chi connectivity index (χ0n) is 15.8. The maximum absolute atomic E-state index is 5.23. The largest absolute Gasteiger partial charge is 0.383 e. The lowest BCUT2D eigenvalue weighted by Crippen LogP contribution is -2.60. The number of guanidine groups is 1. The molecule has 0 saturated carbocycles. The minimum absolute atomic E-state index is 0.458. The van der Waals surface area contributed by atoms with Gasteiger partial charge in [0.2, 0.25) is 0 Å². The van der Waals surface area contributed by atoms with Gasteiger partial charge < -0.3 is 19.5 Å². The first-order valence-electron chi connectivity index (χ1n) is 8.53. The third-order valence-electron chi connectivity index (χ3n) is 4.75. The van der Waals surface area contributed by atoms with Crippen LogP contribution >= 0.6 is 0 Å². The molecule has 0 aromatic carbocycles. The second-order valence-corrected chi connectivity index (χ2v) is 6.46. The molecule has 1 saturated heterocycles. The second-order valence-electron chi connectivity index (χ2n) is 6.46. The number of aromatic nitrogens is 3. The van der Waals surface area contributed by atoms with E-state index in [1.807, 2.05) is 25.6 Å². The standard InChI is InChI=1S/C16H31N7O/c1-12-10-22(11-13(2)23(12)7-8-24-6)16(17-4)18-9-15-20-19-14(3)21(15)5/h12-13H,7-11H2,1-6H3,(H,17,18). The lowest BCUT2D eigenvalue weighted by Gasteiger charge is -2.45. The summed E-state index contributed by atoms with van der Waals surface area (Å²) in [6, 6.07) is 0.916. The van der Waals surface area contributed by atoms with Crippen LogP contribution in [-0.2, 0) is 18.3 Å². The van der Waals surface area contributed by atoms with Gasteiger partial charge in [0.05, 0.1) is 13.2 Å². The van der Waals surface area contributed by atoms with Crippen molar-refractivity contribution < 1.29 is 4.74 Å². The number of nitrogens with zero attached hydrogens (tertiary/aromatic N) is 6. The highest BCUT2D eigenvalue weighted by Crippen LogP contribution is 2.15. The van der Waals surface area contributed by atoms with Crippen molar-refractivity contribution in [2.24, 2.45) is 12.0 Å². The van der Waals surface area contributed by atoms with E-state index in [0.717, 1.165) is 43.8 Å². The van der Waals surface area contributed by atoms with Crippen LogP contribution in [0.4, 0.5) is 0 Å². The third kappa shape index (κ3) is 4.24. The summed E-state index contributed by atoms with van der Waals surface area (Å²) in [4.78, 5) is 9.27. The summed E-state index contributed by atoms with van der Waals surface area (Å²) in [7, 11) is 5.57. The van der Waals surface area contributed by atoms with E-state index < -0.39 is 0 Å². The highest BCUT2D eigenvalue weighted by atomic mass is 16.5. The summed E-state index contributed by atoms with van der Waals surface area (Å²) < 4.78 is 7.23. The van der Waals surface area contributed by atoms with Crippen molar-refractivity contribution in [3.63, 3.8) is 0 Å². The summed E-state index contributed by atoms with van der Waals surface area (Å²) in [5.74, 6) is 2.74. The molecule has 1 fully saturated rings. The van der Waals surface area contributed by atoms with E-state index in [2.05, 4.69) is 44.2 Å². The normalized spacial score (nSPS) is 22.9. The lowest BCUT2D eigenvalue weighted by molar-refractivity contribution is 0.0443. The summed E-state index contributed by atoms with van der Waals surface area (Å²) in [5, 5.41) is 11.7. The van der Waals surface area contributed by atoms with Crippen molar-refractivity contribution in [1.29, 1.82) is 0 Å². The number of hydrogen-bond acceptors (Lipinski definition) is 5. The van der Waals surface area contributed by atoms with Crippen LogP contribution in [0.5, 0.6) is 0 Å². The van der Waals surface area contributed by atoms with Crippen molar-refractivity contribution >= 4 is 5.96 Å². The zero-order chi connectivity index (χ0) is 17.7. The number of nitrogens with one attached hydrogen (secondary N) is 1. The molecule has 2 rings (SSSR count). The minimum Gasteiger partial charge on any atom is -0.383 e. The highest BCUT2D eigenvalue weighted by molar-refractivity contribution is 5.80. The average Bonchev–Trinajstić information content (AvgIpc) is 2.87. The van der Waals surface area contributed by atoms with Gasteiger partial charge in [-0.15, -0.1) is 10.2 Å². The summed E-state index contributed by atoms with van der Waals surface area (Å²) >= 11 is 0. The Morgan fingerprint density at radius 1 is 1.29 bits per heavy atom. The molecule has 8 heteroatoms. The van der Waals surface area contributed by atoms with Crippen LogP contribution in [0, 0.1) is 6.92 Å².